The van der Waals surface area contributed by atoms with Crippen LogP contribution in [0.15, 0.2) is 70.7 Å². The van der Waals surface area contributed by atoms with Gasteiger partial charge in [-0.3, -0.25) is 0 Å². The summed E-state index contributed by atoms with van der Waals surface area (Å²) in [6.45, 7) is 0. The summed E-state index contributed by atoms with van der Waals surface area (Å²) >= 11 is 0. The van der Waals surface area contributed by atoms with E-state index >= 15 is 0 Å². The minimum atomic E-state index is -0.378. The van der Waals surface area contributed by atoms with E-state index in [0.717, 1.165) is 0 Å². The van der Waals surface area contributed by atoms with Crippen molar-refractivity contribution in [1.29, 1.82) is 0 Å². The Morgan fingerprint density at radius 3 is 2.44 bits per heavy atom. The van der Waals surface area contributed by atoms with Gasteiger partial charge in [-0.25, -0.2) is 4.79 Å². The molecule has 0 fully saturated rings. The van der Waals surface area contributed by atoms with Gasteiger partial charge in [-0.1, -0.05) is 18.2 Å². The van der Waals surface area contributed by atoms with E-state index in [-0.39, 0.29) is 5.97 Å². The number of carbonyl (C=O) groups excluding carboxylic acids is 1. The van der Waals surface area contributed by atoms with Crippen LogP contribution in [0.4, 0.5) is 0 Å². The fraction of sp³-hybridized carbons (Fsp3) is 0.0833. The molecule has 82 valence electrons. The van der Waals surface area contributed by atoms with Crippen LogP contribution >= 0.6 is 0 Å². The van der Waals surface area contributed by atoms with Crippen molar-refractivity contribution >= 4 is 5.97 Å². The molecule has 0 spiro atoms. The first-order chi connectivity index (χ1) is 7.84. The van der Waals surface area contributed by atoms with Crippen molar-refractivity contribution in [2.45, 2.75) is 0 Å². The summed E-state index contributed by atoms with van der Waals surface area (Å²) in [6.07, 6.45) is 15.0. The maximum atomic E-state index is 11.3. The summed E-state index contributed by atoms with van der Waals surface area (Å²) in [6, 6.07) is 0. The molecular weight excluding hydrogens is 204 g/mol. The zero-order valence-corrected chi connectivity index (χ0v) is 8.91. The first-order valence-electron chi connectivity index (χ1n) is 4.69. The molecule has 1 rings (SSSR count). The third-order valence-electron chi connectivity index (χ3n) is 1.68. The molecule has 0 aromatic heterocycles. The second-order valence-corrected chi connectivity index (χ2v) is 2.77. The fourth-order valence-corrected chi connectivity index (χ4v) is 0.945. The van der Waals surface area contributed by atoms with Crippen LogP contribution in [0.3, 0.4) is 0 Å². The Labute approximate surface area is 94.0 Å². The Balaban J connectivity index is 2.92. The molecule has 4 nitrogen and oxygen atoms in total. The molecule has 0 bridgehead atoms. The van der Waals surface area contributed by atoms with Crippen molar-refractivity contribution in [2.75, 3.05) is 7.11 Å². The van der Waals surface area contributed by atoms with Crippen molar-refractivity contribution in [3.8, 4) is 0 Å². The number of carbonyl (C=O) groups is 1. The van der Waals surface area contributed by atoms with Gasteiger partial charge in [0.05, 0.1) is 12.7 Å². The van der Waals surface area contributed by atoms with Crippen LogP contribution in [0, 0.1) is 0 Å². The molecule has 0 aliphatic carbocycles. The number of nitrogens with zero attached hydrogens (tertiary/aromatic N) is 2. The lowest BCUT2D eigenvalue weighted by molar-refractivity contribution is -0.135. The lowest BCUT2D eigenvalue weighted by atomic mass is 10.2. The Morgan fingerprint density at radius 2 is 1.75 bits per heavy atom. The highest BCUT2D eigenvalue weighted by molar-refractivity contribution is 5.91. The molecular formula is C12H12N2O2. The smallest absolute Gasteiger partial charge is 0.337 e. The Hall–Kier alpha value is -2.23. The lowest BCUT2D eigenvalue weighted by Gasteiger charge is -1.97. The normalized spacial score (nSPS) is 28.4. The number of esters is 1. The van der Waals surface area contributed by atoms with Crippen LogP contribution in [0.2, 0.25) is 0 Å². The highest BCUT2D eigenvalue weighted by Crippen LogP contribution is 2.02. The predicted molar refractivity (Wildman–Crippen MR) is 61.5 cm³/mol. The minimum Gasteiger partial charge on any atom is -0.465 e. The van der Waals surface area contributed by atoms with Crippen LogP contribution in [0.5, 0.6) is 0 Å². The van der Waals surface area contributed by atoms with E-state index in [1.54, 1.807) is 48.7 Å². The maximum absolute atomic E-state index is 11.3. The van der Waals surface area contributed by atoms with Gasteiger partial charge in [-0.2, -0.15) is 10.2 Å². The van der Waals surface area contributed by atoms with Gasteiger partial charge >= 0.3 is 5.97 Å². The number of ether oxygens (including phenoxy) is 1. The molecule has 16 heavy (non-hydrogen) atoms. The van der Waals surface area contributed by atoms with Gasteiger partial charge in [0.25, 0.3) is 0 Å². The summed E-state index contributed by atoms with van der Waals surface area (Å²) in [5.41, 5.74) is 0.467. The second-order valence-electron chi connectivity index (χ2n) is 2.77. The van der Waals surface area contributed by atoms with Crippen LogP contribution in [0.25, 0.3) is 0 Å². The fourth-order valence-electron chi connectivity index (χ4n) is 0.945. The number of rotatable bonds is 1. The van der Waals surface area contributed by atoms with Crippen LogP contribution < -0.4 is 0 Å². The highest BCUT2D eigenvalue weighted by Gasteiger charge is 2.03. The molecule has 0 amide bonds. The average Bonchev–Trinajstić information content (AvgIpc) is 2.29. The van der Waals surface area contributed by atoms with Crippen molar-refractivity contribution in [2.24, 2.45) is 10.2 Å². The standard InChI is InChI=1S/C12H12N2O2/c1-16-12(15)11-7-3-2-5-9-13-14-10-6-4-8-11/h2-10H,1H3/b3-2-,5-2?,6-4?,7-3?,8-4-,9-5-,10-6+,11-7+,11-8?,13-9?,14-10?,14-13+. The van der Waals surface area contributed by atoms with Gasteiger partial charge in [-0.05, 0) is 24.3 Å². The van der Waals surface area contributed by atoms with Crippen LogP contribution in [-0.2, 0) is 9.53 Å². The van der Waals surface area contributed by atoms with E-state index in [1.807, 2.05) is 0 Å². The van der Waals surface area contributed by atoms with E-state index in [1.165, 1.54) is 13.3 Å². The van der Waals surface area contributed by atoms with E-state index < -0.39 is 0 Å². The van der Waals surface area contributed by atoms with Gasteiger partial charge in [-0.15, -0.1) is 0 Å². The third-order valence-corrected chi connectivity index (χ3v) is 1.68. The molecule has 1 heterocycles. The van der Waals surface area contributed by atoms with E-state index in [4.69, 9.17) is 0 Å². The lowest BCUT2D eigenvalue weighted by Crippen LogP contribution is -2.01. The van der Waals surface area contributed by atoms with Gasteiger partial charge in [0.15, 0.2) is 0 Å². The quantitative estimate of drug-likeness (QED) is 0.633. The van der Waals surface area contributed by atoms with E-state index in [0.29, 0.717) is 5.57 Å². The number of azo groups is 1. The summed E-state index contributed by atoms with van der Waals surface area (Å²) in [4.78, 5) is 11.3. The van der Waals surface area contributed by atoms with Crippen molar-refractivity contribution < 1.29 is 9.53 Å². The number of allylic oxidation sites excluding steroid dienone is 6. The molecule has 0 aromatic carbocycles. The van der Waals surface area contributed by atoms with E-state index in [9.17, 15) is 4.79 Å². The molecule has 4 heteroatoms. The topological polar surface area (TPSA) is 51.0 Å². The zero-order valence-electron chi connectivity index (χ0n) is 8.91. The SMILES string of the molecule is COC(=O)C1=C/C=C\C=C/N=N/C=C/C=C\1. The summed E-state index contributed by atoms with van der Waals surface area (Å²) < 4.78 is 4.64. The molecule has 0 saturated carbocycles. The first-order valence-corrected chi connectivity index (χ1v) is 4.69. The van der Waals surface area contributed by atoms with Gasteiger partial charge < -0.3 is 4.74 Å². The molecule has 1 aliphatic rings. The minimum absolute atomic E-state index is 0.378. The molecule has 0 radical (unpaired) electrons. The van der Waals surface area contributed by atoms with Gasteiger partial charge in [0.1, 0.15) is 0 Å². The average molecular weight is 216 g/mol. The van der Waals surface area contributed by atoms with Crippen molar-refractivity contribution in [3.63, 3.8) is 0 Å². The molecule has 0 atom stereocenters. The molecule has 0 aromatic rings. The highest BCUT2D eigenvalue weighted by atomic mass is 16.5. The molecule has 0 saturated heterocycles. The summed E-state index contributed by atoms with van der Waals surface area (Å²) in [7, 11) is 1.35. The molecule has 0 unspecified atom stereocenters. The first kappa shape index (κ1) is 11.8. The summed E-state index contributed by atoms with van der Waals surface area (Å²) in [5, 5.41) is 7.47. The van der Waals surface area contributed by atoms with Crippen molar-refractivity contribution in [3.05, 3.63) is 60.5 Å². The Morgan fingerprint density at radius 1 is 1.06 bits per heavy atom. The Kier molecular flexibility index (Phi) is 5.27. The number of methoxy groups -OCH3 is 1. The monoisotopic (exact) mass is 216 g/mol. The molecule has 0 N–H and O–H groups in total. The Bertz CT molecular complexity index is 413. The second kappa shape index (κ2) is 7.11. The maximum Gasteiger partial charge on any atom is 0.337 e. The van der Waals surface area contributed by atoms with E-state index in [2.05, 4.69) is 15.0 Å². The van der Waals surface area contributed by atoms with Gasteiger partial charge in [0, 0.05) is 12.4 Å². The largest absolute Gasteiger partial charge is 0.465 e. The zero-order chi connectivity index (χ0) is 11.6. The summed E-state index contributed by atoms with van der Waals surface area (Å²) in [5.74, 6) is -0.378. The van der Waals surface area contributed by atoms with Crippen LogP contribution in [-0.4, -0.2) is 13.1 Å². The van der Waals surface area contributed by atoms with Crippen LogP contribution in [0.1, 0.15) is 0 Å². The molecule has 1 aliphatic heterocycles. The van der Waals surface area contributed by atoms with Crippen molar-refractivity contribution in [1.82, 2.24) is 0 Å². The number of hydrogen-bond donors (Lipinski definition) is 0. The third kappa shape index (κ3) is 4.32. The van der Waals surface area contributed by atoms with Gasteiger partial charge in [0.2, 0.25) is 0 Å². The number of hydrogen-bond acceptors (Lipinski definition) is 4. The predicted octanol–water partition coefficient (Wildman–Crippen LogP) is 2.69.